The summed E-state index contributed by atoms with van der Waals surface area (Å²) in [5.41, 5.74) is 0. The molecule has 0 amide bonds. The number of nitrogens with one attached hydrogen (secondary N) is 1. The Morgan fingerprint density at radius 2 is 1.80 bits per heavy atom. The van der Waals surface area contributed by atoms with Gasteiger partial charge in [-0.3, -0.25) is 0 Å². The van der Waals surface area contributed by atoms with Crippen molar-refractivity contribution in [3.8, 4) is 0 Å². The van der Waals surface area contributed by atoms with Gasteiger partial charge in [0.25, 0.3) is 10.2 Å². The van der Waals surface area contributed by atoms with Crippen molar-refractivity contribution in [3.05, 3.63) is 0 Å². The molecule has 6 heteroatoms. The first-order valence-electron chi connectivity index (χ1n) is 5.59. The van der Waals surface area contributed by atoms with E-state index in [9.17, 15) is 8.42 Å². The summed E-state index contributed by atoms with van der Waals surface area (Å²) in [7, 11) is -3.17. The summed E-state index contributed by atoms with van der Waals surface area (Å²) in [4.78, 5) is 0. The van der Waals surface area contributed by atoms with Gasteiger partial charge in [-0.25, -0.2) is 0 Å². The predicted octanol–water partition coefficient (Wildman–Crippen LogP) is -0.379. The van der Waals surface area contributed by atoms with Crippen molar-refractivity contribution in [2.75, 3.05) is 32.7 Å². The summed E-state index contributed by atoms with van der Waals surface area (Å²) in [5.74, 6) is 0. The minimum absolute atomic E-state index is 0.260. The number of hydrogen-bond acceptors (Lipinski definition) is 3. The minimum Gasteiger partial charge on any atom is -0.312 e. The van der Waals surface area contributed by atoms with Gasteiger partial charge in [-0.15, -0.1) is 0 Å². The van der Waals surface area contributed by atoms with Crippen LogP contribution in [-0.2, 0) is 10.2 Å². The van der Waals surface area contributed by atoms with Gasteiger partial charge in [0.2, 0.25) is 0 Å². The third kappa shape index (κ3) is 2.33. The largest absolute Gasteiger partial charge is 0.312 e. The van der Waals surface area contributed by atoms with Crippen LogP contribution in [-0.4, -0.2) is 55.8 Å². The molecule has 1 atom stereocenters. The van der Waals surface area contributed by atoms with E-state index >= 15 is 0 Å². The van der Waals surface area contributed by atoms with E-state index in [4.69, 9.17) is 0 Å². The second kappa shape index (κ2) is 4.37. The Kier molecular flexibility index (Phi) is 3.30. The van der Waals surface area contributed by atoms with Gasteiger partial charge >= 0.3 is 0 Å². The van der Waals surface area contributed by atoms with Crippen LogP contribution >= 0.6 is 0 Å². The molecule has 0 aliphatic carbocycles. The number of piperazine rings is 1. The van der Waals surface area contributed by atoms with Gasteiger partial charge in [-0.05, 0) is 19.8 Å². The van der Waals surface area contributed by atoms with E-state index in [0.29, 0.717) is 26.2 Å². The molecule has 2 rings (SSSR count). The number of nitrogens with zero attached hydrogens (tertiary/aromatic N) is 2. The lowest BCUT2D eigenvalue weighted by Gasteiger charge is -2.33. The molecular formula is C9H19N3O2S. The second-order valence-corrected chi connectivity index (χ2v) is 6.26. The fraction of sp³-hybridized carbons (Fsp3) is 1.00. The lowest BCUT2D eigenvalue weighted by Crippen LogP contribution is -2.54. The van der Waals surface area contributed by atoms with Gasteiger partial charge in [0.15, 0.2) is 0 Å². The first-order chi connectivity index (χ1) is 7.10. The maximum Gasteiger partial charge on any atom is 0.282 e. The van der Waals surface area contributed by atoms with Crippen molar-refractivity contribution in [2.45, 2.75) is 25.8 Å². The van der Waals surface area contributed by atoms with Gasteiger partial charge < -0.3 is 5.32 Å². The van der Waals surface area contributed by atoms with Crippen LogP contribution in [0.1, 0.15) is 19.8 Å². The van der Waals surface area contributed by atoms with E-state index in [0.717, 1.165) is 19.4 Å². The summed E-state index contributed by atoms with van der Waals surface area (Å²) in [6.45, 7) is 5.36. The summed E-state index contributed by atoms with van der Waals surface area (Å²) >= 11 is 0. The normalized spacial score (nSPS) is 30.9. The highest BCUT2D eigenvalue weighted by Gasteiger charge is 2.33. The highest BCUT2D eigenvalue weighted by atomic mass is 32.2. The van der Waals surface area contributed by atoms with Crippen LogP contribution < -0.4 is 5.32 Å². The van der Waals surface area contributed by atoms with Crippen LogP contribution in [0.2, 0.25) is 0 Å². The van der Waals surface area contributed by atoms with Crippen LogP contribution in [0.25, 0.3) is 0 Å². The van der Waals surface area contributed by atoms with Crippen molar-refractivity contribution < 1.29 is 8.42 Å². The quantitative estimate of drug-likeness (QED) is 0.707. The Hall–Kier alpha value is -0.170. The first kappa shape index (κ1) is 11.3. The zero-order valence-corrected chi connectivity index (χ0v) is 9.96. The Balaban J connectivity index is 2.07. The van der Waals surface area contributed by atoms with Crippen LogP contribution in [0.5, 0.6) is 0 Å². The zero-order chi connectivity index (χ0) is 10.9. The summed E-state index contributed by atoms with van der Waals surface area (Å²) in [6.07, 6.45) is 2.00. The molecule has 0 unspecified atom stereocenters. The molecule has 1 N–H and O–H groups in total. The van der Waals surface area contributed by atoms with Crippen LogP contribution in [0.4, 0.5) is 0 Å². The molecule has 5 nitrogen and oxygen atoms in total. The maximum atomic E-state index is 12.2. The third-order valence-corrected chi connectivity index (χ3v) is 5.05. The molecule has 2 heterocycles. The third-order valence-electron chi connectivity index (χ3n) is 3.05. The average molecular weight is 233 g/mol. The van der Waals surface area contributed by atoms with Crippen LogP contribution in [0, 0.1) is 0 Å². The van der Waals surface area contributed by atoms with E-state index in [2.05, 4.69) is 5.32 Å². The fourth-order valence-electron chi connectivity index (χ4n) is 2.19. The molecule has 0 saturated carbocycles. The van der Waals surface area contributed by atoms with Crippen molar-refractivity contribution in [1.29, 1.82) is 0 Å². The zero-order valence-electron chi connectivity index (χ0n) is 9.15. The van der Waals surface area contributed by atoms with Gasteiger partial charge in [-0.2, -0.15) is 17.0 Å². The maximum absolute atomic E-state index is 12.2. The Morgan fingerprint density at radius 3 is 2.40 bits per heavy atom. The molecule has 2 aliphatic heterocycles. The lowest BCUT2D eigenvalue weighted by molar-refractivity contribution is 0.288. The molecule has 0 aromatic carbocycles. The molecule has 0 spiro atoms. The predicted molar refractivity (Wildman–Crippen MR) is 58.8 cm³/mol. The van der Waals surface area contributed by atoms with Crippen molar-refractivity contribution in [3.63, 3.8) is 0 Å². The SMILES string of the molecule is C[C@@H]1CN(S(=O)(=O)N2CCCC2)CCN1. The molecule has 2 aliphatic rings. The Bertz CT molecular complexity index is 311. The molecule has 0 bridgehead atoms. The highest BCUT2D eigenvalue weighted by molar-refractivity contribution is 7.86. The Morgan fingerprint density at radius 1 is 1.13 bits per heavy atom. The van der Waals surface area contributed by atoms with Crippen molar-refractivity contribution in [2.24, 2.45) is 0 Å². The van der Waals surface area contributed by atoms with Gasteiger partial charge in [0, 0.05) is 38.8 Å². The molecule has 0 aromatic rings. The lowest BCUT2D eigenvalue weighted by atomic mass is 10.3. The van der Waals surface area contributed by atoms with E-state index in [1.807, 2.05) is 6.92 Å². The molecule has 0 aromatic heterocycles. The topological polar surface area (TPSA) is 52.7 Å². The highest BCUT2D eigenvalue weighted by Crippen LogP contribution is 2.17. The van der Waals surface area contributed by atoms with Gasteiger partial charge in [-0.1, -0.05) is 0 Å². The van der Waals surface area contributed by atoms with Crippen molar-refractivity contribution in [1.82, 2.24) is 13.9 Å². The number of rotatable bonds is 2. The standard InChI is InChI=1S/C9H19N3O2S/c1-9-8-12(7-4-10-9)15(13,14)11-5-2-3-6-11/h9-10H,2-8H2,1H3/t9-/m1/s1. The molecule has 2 fully saturated rings. The molecular weight excluding hydrogens is 214 g/mol. The van der Waals surface area contributed by atoms with E-state index in [-0.39, 0.29) is 6.04 Å². The van der Waals surface area contributed by atoms with Crippen LogP contribution in [0.3, 0.4) is 0 Å². The number of hydrogen-bond donors (Lipinski definition) is 1. The van der Waals surface area contributed by atoms with Crippen molar-refractivity contribution >= 4 is 10.2 Å². The molecule has 88 valence electrons. The van der Waals surface area contributed by atoms with E-state index in [1.54, 1.807) is 8.61 Å². The van der Waals surface area contributed by atoms with Crippen LogP contribution in [0.15, 0.2) is 0 Å². The first-order valence-corrected chi connectivity index (χ1v) is 6.99. The molecule has 0 radical (unpaired) electrons. The summed E-state index contributed by atoms with van der Waals surface area (Å²) < 4.78 is 27.5. The van der Waals surface area contributed by atoms with E-state index in [1.165, 1.54) is 0 Å². The molecule has 15 heavy (non-hydrogen) atoms. The molecule has 2 saturated heterocycles. The minimum atomic E-state index is -3.17. The average Bonchev–Trinajstić information content (AvgIpc) is 2.71. The van der Waals surface area contributed by atoms with Gasteiger partial charge in [0.1, 0.15) is 0 Å². The summed E-state index contributed by atoms with van der Waals surface area (Å²) in [5, 5.41) is 3.25. The smallest absolute Gasteiger partial charge is 0.282 e. The summed E-state index contributed by atoms with van der Waals surface area (Å²) in [6, 6.07) is 0.260. The second-order valence-electron chi connectivity index (χ2n) is 4.33. The van der Waals surface area contributed by atoms with E-state index < -0.39 is 10.2 Å². The fourth-order valence-corrected chi connectivity index (χ4v) is 3.97. The monoisotopic (exact) mass is 233 g/mol. The van der Waals surface area contributed by atoms with Gasteiger partial charge in [0.05, 0.1) is 0 Å². The Labute approximate surface area is 91.6 Å².